The first kappa shape index (κ1) is 25.6. The molecule has 6 nitrogen and oxygen atoms in total. The summed E-state index contributed by atoms with van der Waals surface area (Å²) < 4.78 is 54.3. The maximum atomic E-state index is 12.5. The minimum absolute atomic E-state index is 0.248. The van der Waals surface area contributed by atoms with E-state index in [1.54, 1.807) is 26.4 Å². The normalized spacial score (nSPS) is 12.1. The van der Waals surface area contributed by atoms with Crippen LogP contribution in [-0.4, -0.2) is 38.2 Å². The van der Waals surface area contributed by atoms with Crippen LogP contribution >= 0.6 is 11.3 Å². The molecule has 1 aromatic heterocycles. The Balaban J connectivity index is 1.90. The Bertz CT molecular complexity index is 1120. The molecule has 0 aliphatic rings. The Morgan fingerprint density at radius 2 is 1.76 bits per heavy atom. The molecule has 0 saturated carbocycles. The quantitative estimate of drug-likeness (QED) is 0.370. The zero-order valence-corrected chi connectivity index (χ0v) is 20.1. The third-order valence-corrected chi connectivity index (χ3v) is 5.95. The van der Waals surface area contributed by atoms with E-state index in [0.29, 0.717) is 24.6 Å². The van der Waals surface area contributed by atoms with Crippen LogP contribution in [0.1, 0.15) is 18.9 Å². The summed E-state index contributed by atoms with van der Waals surface area (Å²) in [6.45, 7) is 4.92. The van der Waals surface area contributed by atoms with Gasteiger partial charge in [0.1, 0.15) is 17.2 Å². The highest BCUT2D eigenvalue weighted by Crippen LogP contribution is 2.28. The standard InChI is InChI=1S/C24H28F3N3O3S/c1-4-28-12-5-13-30-21(17-6-9-19(10-7-17)33-24(25,26)27)16-34-23(30)29-15-18-8-11-20(31-2)14-22(18)32-3/h6-11,14,16,28H,4-5,12-13,15H2,1-3H3. The fourth-order valence-corrected chi connectivity index (χ4v) is 4.34. The highest BCUT2D eigenvalue weighted by Gasteiger charge is 2.31. The lowest BCUT2D eigenvalue weighted by atomic mass is 10.1. The minimum atomic E-state index is -4.72. The predicted octanol–water partition coefficient (Wildman–Crippen LogP) is 5.23. The van der Waals surface area contributed by atoms with E-state index in [2.05, 4.69) is 21.5 Å². The molecule has 3 rings (SSSR count). The Hall–Kier alpha value is -2.98. The molecular formula is C24H28F3N3O3S. The molecule has 0 unspecified atom stereocenters. The average Bonchev–Trinajstić information content (AvgIpc) is 3.22. The molecule has 0 bridgehead atoms. The first-order valence-electron chi connectivity index (χ1n) is 10.8. The minimum Gasteiger partial charge on any atom is -0.497 e. The van der Waals surface area contributed by atoms with Crippen molar-refractivity contribution >= 4 is 11.3 Å². The van der Waals surface area contributed by atoms with Crippen molar-refractivity contribution in [1.29, 1.82) is 0 Å². The van der Waals surface area contributed by atoms with E-state index in [1.807, 2.05) is 23.6 Å². The number of halogens is 3. The van der Waals surface area contributed by atoms with Gasteiger partial charge in [0.2, 0.25) is 0 Å². The molecule has 0 aliphatic heterocycles. The number of ether oxygens (including phenoxy) is 3. The molecule has 2 aromatic carbocycles. The number of hydrogen-bond donors (Lipinski definition) is 1. The molecule has 0 spiro atoms. The number of thiazole rings is 1. The fourth-order valence-electron chi connectivity index (χ4n) is 3.40. The van der Waals surface area contributed by atoms with Gasteiger partial charge in [0.25, 0.3) is 0 Å². The monoisotopic (exact) mass is 495 g/mol. The zero-order chi connectivity index (χ0) is 24.6. The third-order valence-electron chi connectivity index (χ3n) is 5.05. The smallest absolute Gasteiger partial charge is 0.497 e. The van der Waals surface area contributed by atoms with Crippen LogP contribution in [0.15, 0.2) is 52.8 Å². The van der Waals surface area contributed by atoms with Crippen LogP contribution in [0.25, 0.3) is 11.3 Å². The number of aromatic nitrogens is 1. The zero-order valence-electron chi connectivity index (χ0n) is 19.3. The lowest BCUT2D eigenvalue weighted by Gasteiger charge is -2.12. The molecule has 0 atom stereocenters. The van der Waals surface area contributed by atoms with Gasteiger partial charge in [0, 0.05) is 23.6 Å². The number of nitrogens with one attached hydrogen (secondary N) is 1. The van der Waals surface area contributed by atoms with Crippen molar-refractivity contribution in [3.8, 4) is 28.5 Å². The van der Waals surface area contributed by atoms with Gasteiger partial charge in [-0.15, -0.1) is 24.5 Å². The molecule has 1 heterocycles. The van der Waals surface area contributed by atoms with Gasteiger partial charge in [-0.3, -0.25) is 4.99 Å². The van der Waals surface area contributed by atoms with Crippen molar-refractivity contribution in [3.05, 3.63) is 58.2 Å². The summed E-state index contributed by atoms with van der Waals surface area (Å²) in [4.78, 5) is 5.64. The van der Waals surface area contributed by atoms with Crippen molar-refractivity contribution in [2.45, 2.75) is 32.8 Å². The number of nitrogens with zero attached hydrogens (tertiary/aromatic N) is 2. The van der Waals surface area contributed by atoms with Gasteiger partial charge in [0.05, 0.1) is 26.5 Å². The molecule has 0 amide bonds. The largest absolute Gasteiger partial charge is 0.573 e. The summed E-state index contributed by atoms with van der Waals surface area (Å²) in [6.07, 6.45) is -3.84. The van der Waals surface area contributed by atoms with Crippen molar-refractivity contribution < 1.29 is 27.4 Å². The highest BCUT2D eigenvalue weighted by molar-refractivity contribution is 7.07. The molecular weight excluding hydrogens is 467 g/mol. The van der Waals surface area contributed by atoms with Gasteiger partial charge in [-0.05, 0) is 61.5 Å². The van der Waals surface area contributed by atoms with E-state index < -0.39 is 6.36 Å². The fraction of sp³-hybridized carbons (Fsp3) is 0.375. The van der Waals surface area contributed by atoms with E-state index in [0.717, 1.165) is 41.1 Å². The predicted molar refractivity (Wildman–Crippen MR) is 126 cm³/mol. The molecule has 34 heavy (non-hydrogen) atoms. The van der Waals surface area contributed by atoms with Gasteiger partial charge in [-0.2, -0.15) is 0 Å². The van der Waals surface area contributed by atoms with Crippen LogP contribution in [0, 0.1) is 0 Å². The van der Waals surface area contributed by atoms with E-state index >= 15 is 0 Å². The molecule has 0 fully saturated rings. The Labute approximate surface area is 200 Å². The van der Waals surface area contributed by atoms with Gasteiger partial charge in [0.15, 0.2) is 4.80 Å². The molecule has 3 aromatic rings. The van der Waals surface area contributed by atoms with Crippen LogP contribution in [0.2, 0.25) is 0 Å². The third kappa shape index (κ3) is 7.01. The van der Waals surface area contributed by atoms with E-state index in [1.165, 1.54) is 23.5 Å². The summed E-state index contributed by atoms with van der Waals surface area (Å²) in [5.41, 5.74) is 2.60. The molecule has 0 aliphatic carbocycles. The molecule has 0 radical (unpaired) electrons. The number of methoxy groups -OCH3 is 2. The Morgan fingerprint density at radius 1 is 1.03 bits per heavy atom. The van der Waals surface area contributed by atoms with Crippen LogP contribution in [0.3, 0.4) is 0 Å². The second-order valence-corrected chi connectivity index (χ2v) is 8.16. The van der Waals surface area contributed by atoms with Crippen LogP contribution in [0.5, 0.6) is 17.2 Å². The van der Waals surface area contributed by atoms with E-state index in [9.17, 15) is 13.2 Å². The molecule has 1 N–H and O–H groups in total. The molecule has 184 valence electrons. The number of benzene rings is 2. The summed E-state index contributed by atoms with van der Waals surface area (Å²) in [7, 11) is 3.21. The maximum absolute atomic E-state index is 12.5. The van der Waals surface area contributed by atoms with E-state index in [-0.39, 0.29) is 5.75 Å². The topological polar surface area (TPSA) is 57.0 Å². The second kappa shape index (κ2) is 11.9. The second-order valence-electron chi connectivity index (χ2n) is 7.33. The first-order valence-corrected chi connectivity index (χ1v) is 11.7. The highest BCUT2D eigenvalue weighted by atomic mass is 32.1. The SMILES string of the molecule is CCNCCCn1c(-c2ccc(OC(F)(F)F)cc2)csc1=NCc1ccc(OC)cc1OC. The summed E-state index contributed by atoms with van der Waals surface area (Å²) in [5.74, 6) is 1.15. The average molecular weight is 496 g/mol. The van der Waals surface area contributed by atoms with Crippen molar-refractivity contribution in [3.63, 3.8) is 0 Å². The van der Waals surface area contributed by atoms with Crippen LogP contribution in [-0.2, 0) is 13.1 Å². The van der Waals surface area contributed by atoms with Crippen molar-refractivity contribution in [2.75, 3.05) is 27.3 Å². The van der Waals surface area contributed by atoms with Crippen molar-refractivity contribution in [1.82, 2.24) is 9.88 Å². The maximum Gasteiger partial charge on any atom is 0.573 e. The summed E-state index contributed by atoms with van der Waals surface area (Å²) in [6, 6.07) is 11.5. The number of alkyl halides is 3. The van der Waals surface area contributed by atoms with Gasteiger partial charge in [-0.1, -0.05) is 6.92 Å². The summed E-state index contributed by atoms with van der Waals surface area (Å²) in [5, 5.41) is 5.28. The van der Waals surface area contributed by atoms with Gasteiger partial charge >= 0.3 is 6.36 Å². The summed E-state index contributed by atoms with van der Waals surface area (Å²) >= 11 is 1.49. The number of rotatable bonds is 11. The van der Waals surface area contributed by atoms with Gasteiger partial charge < -0.3 is 24.1 Å². The molecule has 0 saturated heterocycles. The van der Waals surface area contributed by atoms with Crippen LogP contribution < -0.4 is 24.3 Å². The van der Waals surface area contributed by atoms with Crippen molar-refractivity contribution in [2.24, 2.45) is 4.99 Å². The Morgan fingerprint density at radius 3 is 2.41 bits per heavy atom. The lowest BCUT2D eigenvalue weighted by Crippen LogP contribution is -2.21. The van der Waals surface area contributed by atoms with Gasteiger partial charge in [-0.25, -0.2) is 0 Å². The molecule has 10 heteroatoms. The Kier molecular flexibility index (Phi) is 9.00. The van der Waals surface area contributed by atoms with Crippen LogP contribution in [0.4, 0.5) is 13.2 Å². The lowest BCUT2D eigenvalue weighted by molar-refractivity contribution is -0.274. The number of hydrogen-bond acceptors (Lipinski definition) is 6. The van der Waals surface area contributed by atoms with E-state index in [4.69, 9.17) is 14.5 Å². The first-order chi connectivity index (χ1) is 16.3.